The van der Waals surface area contributed by atoms with Gasteiger partial charge in [0.2, 0.25) is 5.91 Å². The summed E-state index contributed by atoms with van der Waals surface area (Å²) in [6.45, 7) is 0.443. The summed E-state index contributed by atoms with van der Waals surface area (Å²) in [5, 5.41) is 9.84. The monoisotopic (exact) mass is 405 g/mol. The second-order valence-electron chi connectivity index (χ2n) is 8.95. The van der Waals surface area contributed by atoms with E-state index in [1.54, 1.807) is 7.11 Å². The molecule has 5 nitrogen and oxygen atoms in total. The van der Waals surface area contributed by atoms with Crippen LogP contribution in [-0.2, 0) is 28.1 Å². The molecule has 2 aromatic rings. The highest BCUT2D eigenvalue weighted by Gasteiger charge is 2.60. The maximum atomic E-state index is 13.6. The van der Waals surface area contributed by atoms with Crippen LogP contribution >= 0.6 is 0 Å². The Morgan fingerprint density at radius 1 is 1.23 bits per heavy atom. The van der Waals surface area contributed by atoms with Crippen LogP contribution in [0.15, 0.2) is 48.5 Å². The Labute approximate surface area is 176 Å². The molecule has 1 unspecified atom stereocenters. The number of benzene rings is 2. The number of likely N-dealkylation sites (tertiary alicyclic amines) is 1. The molecule has 0 radical (unpaired) electrons. The molecule has 1 aliphatic heterocycles. The van der Waals surface area contributed by atoms with E-state index in [-0.39, 0.29) is 11.8 Å². The molecule has 5 rings (SSSR count). The zero-order chi connectivity index (χ0) is 20.9. The number of aliphatic carboxylic acids is 1. The molecular weight excluding hydrogens is 378 g/mol. The fourth-order valence-corrected chi connectivity index (χ4v) is 6.36. The van der Waals surface area contributed by atoms with Crippen molar-refractivity contribution in [3.05, 3.63) is 65.2 Å². The van der Waals surface area contributed by atoms with Crippen LogP contribution in [0.4, 0.5) is 0 Å². The number of rotatable bonds is 4. The maximum absolute atomic E-state index is 13.6. The Morgan fingerprint density at radius 3 is 2.77 bits per heavy atom. The summed E-state index contributed by atoms with van der Waals surface area (Å²) in [4.78, 5) is 27.5. The van der Waals surface area contributed by atoms with Gasteiger partial charge in [-0.05, 0) is 66.3 Å². The molecule has 1 saturated heterocycles. The minimum absolute atomic E-state index is 0.176. The lowest BCUT2D eigenvalue weighted by Gasteiger charge is -2.61. The predicted octanol–water partition coefficient (Wildman–Crippen LogP) is 4.00. The van der Waals surface area contributed by atoms with Crippen LogP contribution in [0, 0.1) is 17.8 Å². The van der Waals surface area contributed by atoms with E-state index in [0.717, 1.165) is 37.0 Å². The molecule has 4 atom stereocenters. The van der Waals surface area contributed by atoms with Gasteiger partial charge in [-0.1, -0.05) is 42.8 Å². The first kappa shape index (κ1) is 19.2. The first-order chi connectivity index (χ1) is 14.5. The van der Waals surface area contributed by atoms with Gasteiger partial charge in [0.15, 0.2) is 0 Å². The van der Waals surface area contributed by atoms with E-state index in [0.29, 0.717) is 18.9 Å². The van der Waals surface area contributed by atoms with E-state index in [1.165, 1.54) is 11.1 Å². The Hall–Kier alpha value is -2.82. The van der Waals surface area contributed by atoms with E-state index < -0.39 is 17.4 Å². The SMILES string of the molecule is COc1ccc2c(c1)C[C@H]1CCC[C@]23[C@@H]1CC(C(=O)O)C(=O)N3Cc1ccccc1. The van der Waals surface area contributed by atoms with E-state index in [1.807, 2.05) is 41.3 Å². The standard InChI is InChI=1S/C25H27NO4/c1-30-19-9-10-21-18(13-19)12-17-8-5-11-25(21)22(17)14-20(24(28)29)23(27)26(25)15-16-6-3-2-4-7-16/h2-4,6-7,9-10,13,17,20,22H,5,8,11-12,14-15H2,1H3,(H,28,29)/t17-,20?,22-,25-/m1/s1. The molecule has 0 aromatic heterocycles. The number of fused-ring (bicyclic) bond motifs is 1. The minimum Gasteiger partial charge on any atom is -0.497 e. The van der Waals surface area contributed by atoms with Gasteiger partial charge in [-0.25, -0.2) is 0 Å². The first-order valence-electron chi connectivity index (χ1n) is 10.8. The van der Waals surface area contributed by atoms with Crippen LogP contribution < -0.4 is 4.74 Å². The second-order valence-corrected chi connectivity index (χ2v) is 8.95. The van der Waals surface area contributed by atoms with Gasteiger partial charge in [0.05, 0.1) is 12.6 Å². The van der Waals surface area contributed by atoms with E-state index in [4.69, 9.17) is 4.74 Å². The molecule has 1 heterocycles. The van der Waals surface area contributed by atoms with Crippen molar-refractivity contribution in [2.45, 2.75) is 44.2 Å². The van der Waals surface area contributed by atoms with E-state index in [2.05, 4.69) is 12.1 Å². The number of hydrogen-bond acceptors (Lipinski definition) is 3. The van der Waals surface area contributed by atoms with E-state index >= 15 is 0 Å². The first-order valence-corrected chi connectivity index (χ1v) is 10.8. The van der Waals surface area contributed by atoms with Gasteiger partial charge in [-0.15, -0.1) is 0 Å². The van der Waals surface area contributed by atoms with Crippen LogP contribution in [0.3, 0.4) is 0 Å². The third-order valence-electron chi connectivity index (χ3n) is 7.59. The molecule has 30 heavy (non-hydrogen) atoms. The largest absolute Gasteiger partial charge is 0.497 e. The zero-order valence-corrected chi connectivity index (χ0v) is 17.2. The highest BCUT2D eigenvalue weighted by atomic mass is 16.5. The highest BCUT2D eigenvalue weighted by molar-refractivity contribution is 5.98. The minimum atomic E-state index is -0.994. The number of methoxy groups -OCH3 is 1. The summed E-state index contributed by atoms with van der Waals surface area (Å²) in [5.41, 5.74) is 3.04. The molecule has 156 valence electrons. The van der Waals surface area contributed by atoms with Gasteiger partial charge in [0, 0.05) is 6.54 Å². The summed E-state index contributed by atoms with van der Waals surface area (Å²) in [7, 11) is 1.68. The number of carbonyl (C=O) groups excluding carboxylic acids is 1. The number of ether oxygens (including phenoxy) is 1. The number of nitrogens with zero attached hydrogens (tertiary/aromatic N) is 1. The smallest absolute Gasteiger partial charge is 0.316 e. The van der Waals surface area contributed by atoms with Crippen molar-refractivity contribution in [2.24, 2.45) is 17.8 Å². The van der Waals surface area contributed by atoms with Crippen molar-refractivity contribution in [1.29, 1.82) is 0 Å². The average Bonchev–Trinajstić information content (AvgIpc) is 2.75. The van der Waals surface area contributed by atoms with Crippen LogP contribution in [0.25, 0.3) is 0 Å². The van der Waals surface area contributed by atoms with Gasteiger partial charge >= 0.3 is 5.97 Å². The summed E-state index contributed by atoms with van der Waals surface area (Å²) in [5.74, 6) is -0.784. The fraction of sp³-hybridized carbons (Fsp3) is 0.440. The van der Waals surface area contributed by atoms with Crippen LogP contribution in [0.1, 0.15) is 42.4 Å². The summed E-state index contributed by atoms with van der Waals surface area (Å²) >= 11 is 0. The van der Waals surface area contributed by atoms with Crippen molar-refractivity contribution in [3.63, 3.8) is 0 Å². The Bertz CT molecular complexity index is 988. The maximum Gasteiger partial charge on any atom is 0.316 e. The van der Waals surface area contributed by atoms with Crippen LogP contribution in [-0.4, -0.2) is 29.0 Å². The lowest BCUT2D eigenvalue weighted by Crippen LogP contribution is -2.65. The average molecular weight is 405 g/mol. The van der Waals surface area contributed by atoms with Crippen LogP contribution in [0.5, 0.6) is 5.75 Å². The normalized spacial score (nSPS) is 29.7. The lowest BCUT2D eigenvalue weighted by molar-refractivity contribution is -0.174. The number of carboxylic acid groups (broad SMARTS) is 1. The third kappa shape index (κ3) is 2.75. The molecule has 3 aliphatic rings. The second kappa shape index (κ2) is 7.15. The highest BCUT2D eigenvalue weighted by Crippen LogP contribution is 2.59. The van der Waals surface area contributed by atoms with Crippen LogP contribution in [0.2, 0.25) is 0 Å². The van der Waals surface area contributed by atoms with Gasteiger partial charge in [-0.3, -0.25) is 9.59 Å². The molecule has 1 saturated carbocycles. The molecule has 0 spiro atoms. The lowest BCUT2D eigenvalue weighted by atomic mass is 9.53. The number of carboxylic acids is 1. The summed E-state index contributed by atoms with van der Waals surface area (Å²) in [6, 6.07) is 16.1. The summed E-state index contributed by atoms with van der Waals surface area (Å²) < 4.78 is 5.47. The number of amides is 1. The van der Waals surface area contributed by atoms with Gasteiger partial charge in [0.1, 0.15) is 11.7 Å². The predicted molar refractivity (Wildman–Crippen MR) is 112 cm³/mol. The summed E-state index contributed by atoms with van der Waals surface area (Å²) in [6.07, 6.45) is 4.40. The van der Waals surface area contributed by atoms with Gasteiger partial charge < -0.3 is 14.7 Å². The van der Waals surface area contributed by atoms with Gasteiger partial charge in [-0.2, -0.15) is 0 Å². The quantitative estimate of drug-likeness (QED) is 0.781. The molecule has 5 heteroatoms. The fourth-order valence-electron chi connectivity index (χ4n) is 6.36. The van der Waals surface area contributed by atoms with Crippen molar-refractivity contribution in [2.75, 3.05) is 7.11 Å². The van der Waals surface area contributed by atoms with Gasteiger partial charge in [0.25, 0.3) is 0 Å². The van der Waals surface area contributed by atoms with Crippen molar-refractivity contribution in [1.82, 2.24) is 4.90 Å². The van der Waals surface area contributed by atoms with Crippen molar-refractivity contribution in [3.8, 4) is 5.75 Å². The number of carbonyl (C=O) groups is 2. The molecule has 2 fully saturated rings. The molecule has 2 aliphatic carbocycles. The van der Waals surface area contributed by atoms with E-state index in [9.17, 15) is 14.7 Å². The zero-order valence-electron chi connectivity index (χ0n) is 17.2. The molecular formula is C25H27NO4. The topological polar surface area (TPSA) is 66.8 Å². The third-order valence-corrected chi connectivity index (χ3v) is 7.59. The Morgan fingerprint density at radius 2 is 2.03 bits per heavy atom. The van der Waals surface area contributed by atoms with Crippen molar-refractivity contribution >= 4 is 11.9 Å². The Balaban J connectivity index is 1.68. The molecule has 1 N–H and O–H groups in total. The number of hydrogen-bond donors (Lipinski definition) is 1. The number of piperidine rings is 1. The molecule has 1 amide bonds. The Kier molecular flexibility index (Phi) is 4.57. The molecule has 2 bridgehead atoms. The van der Waals surface area contributed by atoms with Crippen molar-refractivity contribution < 1.29 is 19.4 Å². The molecule has 2 aromatic carbocycles.